The second-order valence-electron chi connectivity index (χ2n) is 6.27. The molecule has 3 nitrogen and oxygen atoms in total. The molecule has 0 aromatic heterocycles. The van der Waals surface area contributed by atoms with Crippen LogP contribution in [0.3, 0.4) is 0 Å². The van der Waals surface area contributed by atoms with Gasteiger partial charge >= 0.3 is 0 Å². The zero-order chi connectivity index (χ0) is 13.4. The highest BCUT2D eigenvalue weighted by Crippen LogP contribution is 2.35. The summed E-state index contributed by atoms with van der Waals surface area (Å²) in [4.78, 5) is 4.75. The fourth-order valence-electron chi connectivity index (χ4n) is 3.01. The lowest BCUT2D eigenvalue weighted by Crippen LogP contribution is -2.56. The first-order valence-electron chi connectivity index (χ1n) is 7.42. The normalized spacial score (nSPS) is 27.4. The lowest BCUT2D eigenvalue weighted by molar-refractivity contribution is 0.376. The third-order valence-electron chi connectivity index (χ3n) is 4.47. The molecule has 2 unspecified atom stereocenters. The SMILES string of the molecule is CC1CNC(C2CC2)CN1c1cccc(N(C)C)c1. The zero-order valence-electron chi connectivity index (χ0n) is 12.3. The molecule has 1 saturated carbocycles. The van der Waals surface area contributed by atoms with Crippen LogP contribution in [0.4, 0.5) is 11.4 Å². The number of hydrogen-bond acceptors (Lipinski definition) is 3. The van der Waals surface area contributed by atoms with Crippen LogP contribution in [0, 0.1) is 5.92 Å². The molecule has 0 bridgehead atoms. The molecule has 2 fully saturated rings. The van der Waals surface area contributed by atoms with Crippen molar-refractivity contribution in [2.45, 2.75) is 31.8 Å². The minimum Gasteiger partial charge on any atom is -0.378 e. The number of nitrogens with one attached hydrogen (secondary N) is 1. The van der Waals surface area contributed by atoms with Gasteiger partial charge in [0.1, 0.15) is 0 Å². The molecular weight excluding hydrogens is 234 g/mol. The fraction of sp³-hybridized carbons (Fsp3) is 0.625. The Labute approximate surface area is 116 Å². The Bertz CT molecular complexity index is 439. The van der Waals surface area contributed by atoms with Crippen molar-refractivity contribution < 1.29 is 0 Å². The van der Waals surface area contributed by atoms with E-state index in [-0.39, 0.29) is 0 Å². The van der Waals surface area contributed by atoms with E-state index in [0.717, 1.165) is 19.0 Å². The maximum absolute atomic E-state index is 3.72. The Morgan fingerprint density at radius 2 is 2.05 bits per heavy atom. The Hall–Kier alpha value is -1.22. The van der Waals surface area contributed by atoms with E-state index in [2.05, 4.69) is 60.4 Å². The molecule has 1 aliphatic carbocycles. The minimum absolute atomic E-state index is 0.576. The summed E-state index contributed by atoms with van der Waals surface area (Å²) in [6.07, 6.45) is 2.83. The van der Waals surface area contributed by atoms with Gasteiger partial charge in [-0.15, -0.1) is 0 Å². The molecule has 1 aliphatic heterocycles. The molecule has 1 N–H and O–H groups in total. The number of anilines is 2. The predicted molar refractivity (Wildman–Crippen MR) is 82.1 cm³/mol. The highest BCUT2D eigenvalue weighted by molar-refractivity contribution is 5.59. The third-order valence-corrected chi connectivity index (χ3v) is 4.47. The number of piperazine rings is 1. The fourth-order valence-corrected chi connectivity index (χ4v) is 3.01. The van der Waals surface area contributed by atoms with Crippen molar-refractivity contribution in [1.29, 1.82) is 0 Å². The van der Waals surface area contributed by atoms with Gasteiger partial charge in [-0.05, 0) is 43.9 Å². The Kier molecular flexibility index (Phi) is 3.40. The molecule has 1 heterocycles. The van der Waals surface area contributed by atoms with Crippen molar-refractivity contribution in [2.24, 2.45) is 5.92 Å². The molecule has 2 aliphatic rings. The van der Waals surface area contributed by atoms with E-state index in [1.807, 2.05) is 0 Å². The van der Waals surface area contributed by atoms with Gasteiger partial charge in [-0.1, -0.05) is 6.07 Å². The zero-order valence-corrected chi connectivity index (χ0v) is 12.3. The van der Waals surface area contributed by atoms with E-state index in [9.17, 15) is 0 Å². The van der Waals surface area contributed by atoms with Gasteiger partial charge in [0.2, 0.25) is 0 Å². The number of benzene rings is 1. The van der Waals surface area contributed by atoms with Gasteiger partial charge in [-0.3, -0.25) is 0 Å². The quantitative estimate of drug-likeness (QED) is 0.899. The van der Waals surface area contributed by atoms with Crippen molar-refractivity contribution in [2.75, 3.05) is 37.0 Å². The van der Waals surface area contributed by atoms with Crippen LogP contribution in [0.5, 0.6) is 0 Å². The first kappa shape index (κ1) is 12.8. The topological polar surface area (TPSA) is 18.5 Å². The smallest absolute Gasteiger partial charge is 0.0390 e. The molecule has 3 heteroatoms. The Morgan fingerprint density at radius 1 is 1.26 bits per heavy atom. The van der Waals surface area contributed by atoms with Gasteiger partial charge in [0, 0.05) is 50.6 Å². The molecule has 0 spiro atoms. The van der Waals surface area contributed by atoms with Crippen LogP contribution in [0.1, 0.15) is 19.8 Å². The second kappa shape index (κ2) is 5.04. The summed E-state index contributed by atoms with van der Waals surface area (Å²) in [6.45, 7) is 4.58. The first-order chi connectivity index (χ1) is 9.15. The van der Waals surface area contributed by atoms with Gasteiger partial charge in [0.15, 0.2) is 0 Å². The second-order valence-corrected chi connectivity index (χ2v) is 6.27. The van der Waals surface area contributed by atoms with Gasteiger partial charge in [0.25, 0.3) is 0 Å². The van der Waals surface area contributed by atoms with Crippen LogP contribution >= 0.6 is 0 Å². The summed E-state index contributed by atoms with van der Waals surface area (Å²) in [7, 11) is 4.21. The molecule has 1 aromatic carbocycles. The summed E-state index contributed by atoms with van der Waals surface area (Å²) in [6, 6.07) is 10.2. The molecular formula is C16H25N3. The molecule has 2 atom stereocenters. The summed E-state index contributed by atoms with van der Waals surface area (Å²) >= 11 is 0. The number of rotatable bonds is 3. The van der Waals surface area contributed by atoms with Gasteiger partial charge < -0.3 is 15.1 Å². The molecule has 0 amide bonds. The summed E-state index contributed by atoms with van der Waals surface area (Å²) in [5.74, 6) is 0.923. The standard InChI is InChI=1S/C16H25N3/c1-12-10-17-16(13-7-8-13)11-19(12)15-6-4-5-14(9-15)18(2)3/h4-6,9,12-13,16-17H,7-8,10-11H2,1-3H3. The first-order valence-corrected chi connectivity index (χ1v) is 7.42. The van der Waals surface area contributed by atoms with E-state index in [1.54, 1.807) is 0 Å². The van der Waals surface area contributed by atoms with E-state index in [4.69, 9.17) is 0 Å². The van der Waals surface area contributed by atoms with E-state index >= 15 is 0 Å². The highest BCUT2D eigenvalue weighted by atomic mass is 15.2. The lowest BCUT2D eigenvalue weighted by atomic mass is 10.0. The average molecular weight is 259 g/mol. The summed E-state index contributed by atoms with van der Waals surface area (Å²) in [5.41, 5.74) is 2.65. The van der Waals surface area contributed by atoms with Crippen LogP contribution in [0.2, 0.25) is 0 Å². The van der Waals surface area contributed by atoms with Crippen LogP contribution < -0.4 is 15.1 Å². The van der Waals surface area contributed by atoms with Crippen LogP contribution in [-0.2, 0) is 0 Å². The Balaban J connectivity index is 1.80. The summed E-state index contributed by atoms with van der Waals surface area (Å²) < 4.78 is 0. The molecule has 19 heavy (non-hydrogen) atoms. The molecule has 0 radical (unpaired) electrons. The maximum Gasteiger partial charge on any atom is 0.0390 e. The van der Waals surface area contributed by atoms with Crippen molar-refractivity contribution in [1.82, 2.24) is 5.32 Å². The molecule has 1 saturated heterocycles. The Morgan fingerprint density at radius 3 is 2.74 bits per heavy atom. The number of nitrogens with zero attached hydrogens (tertiary/aromatic N) is 2. The minimum atomic E-state index is 0.576. The van der Waals surface area contributed by atoms with Crippen LogP contribution in [0.15, 0.2) is 24.3 Å². The number of hydrogen-bond donors (Lipinski definition) is 1. The molecule has 1 aromatic rings. The monoisotopic (exact) mass is 259 g/mol. The van der Waals surface area contributed by atoms with E-state index < -0.39 is 0 Å². The maximum atomic E-state index is 3.72. The van der Waals surface area contributed by atoms with Gasteiger partial charge in [-0.2, -0.15) is 0 Å². The lowest BCUT2D eigenvalue weighted by Gasteiger charge is -2.41. The van der Waals surface area contributed by atoms with E-state index in [0.29, 0.717) is 12.1 Å². The van der Waals surface area contributed by atoms with Crippen molar-refractivity contribution in [3.8, 4) is 0 Å². The van der Waals surface area contributed by atoms with E-state index in [1.165, 1.54) is 24.2 Å². The summed E-state index contributed by atoms with van der Waals surface area (Å²) in [5, 5.41) is 3.72. The average Bonchev–Trinajstić information content (AvgIpc) is 3.24. The van der Waals surface area contributed by atoms with Crippen molar-refractivity contribution >= 4 is 11.4 Å². The van der Waals surface area contributed by atoms with Crippen molar-refractivity contribution in [3.63, 3.8) is 0 Å². The van der Waals surface area contributed by atoms with Gasteiger partial charge in [-0.25, -0.2) is 0 Å². The van der Waals surface area contributed by atoms with Crippen LogP contribution in [-0.4, -0.2) is 39.3 Å². The predicted octanol–water partition coefficient (Wildman–Crippen LogP) is 2.33. The van der Waals surface area contributed by atoms with Crippen LogP contribution in [0.25, 0.3) is 0 Å². The third kappa shape index (κ3) is 2.71. The molecule has 3 rings (SSSR count). The van der Waals surface area contributed by atoms with Gasteiger partial charge in [0.05, 0.1) is 0 Å². The van der Waals surface area contributed by atoms with Crippen molar-refractivity contribution in [3.05, 3.63) is 24.3 Å². The largest absolute Gasteiger partial charge is 0.378 e. The molecule has 104 valence electrons. The highest BCUT2D eigenvalue weighted by Gasteiger charge is 2.36.